The number of nitrogens with one attached hydrogen (secondary N) is 1. The van der Waals surface area contributed by atoms with Crippen molar-refractivity contribution in [2.75, 3.05) is 18.0 Å². The summed E-state index contributed by atoms with van der Waals surface area (Å²) in [5.74, 6) is -1.16. The summed E-state index contributed by atoms with van der Waals surface area (Å²) in [5.41, 5.74) is 0.262. The molecule has 1 aromatic rings. The normalized spacial score (nSPS) is 22.9. The molecule has 0 aliphatic carbocycles. The highest BCUT2D eigenvalue weighted by atomic mass is 19.2. The van der Waals surface area contributed by atoms with Crippen LogP contribution in [-0.2, 0) is 0 Å². The van der Waals surface area contributed by atoms with Gasteiger partial charge in [-0.05, 0) is 31.9 Å². The summed E-state index contributed by atoms with van der Waals surface area (Å²) in [6.45, 7) is 9.81. The molecule has 2 rings (SSSR count). The van der Waals surface area contributed by atoms with E-state index in [9.17, 15) is 8.78 Å². The van der Waals surface area contributed by atoms with Crippen LogP contribution in [0.15, 0.2) is 18.2 Å². The standard InChI is InChI=1S/C15H22F2N2/c1-10(2)13-8-18-15(3,4)9-19(13)12-7-5-6-11(16)14(12)17/h5-7,10,13,18H,8-9H2,1-4H3. The minimum atomic E-state index is -0.781. The Hall–Kier alpha value is -1.16. The quantitative estimate of drug-likeness (QED) is 0.886. The summed E-state index contributed by atoms with van der Waals surface area (Å²) in [7, 11) is 0. The van der Waals surface area contributed by atoms with E-state index in [1.54, 1.807) is 12.1 Å². The second-order valence-electron chi connectivity index (χ2n) is 6.28. The molecule has 19 heavy (non-hydrogen) atoms. The molecule has 106 valence electrons. The van der Waals surface area contributed by atoms with Gasteiger partial charge in [-0.3, -0.25) is 0 Å². The topological polar surface area (TPSA) is 15.3 Å². The molecule has 2 nitrogen and oxygen atoms in total. The second-order valence-corrected chi connectivity index (χ2v) is 6.28. The van der Waals surface area contributed by atoms with Crippen LogP contribution >= 0.6 is 0 Å². The molecule has 4 heteroatoms. The predicted octanol–water partition coefficient (Wildman–Crippen LogP) is 3.18. The summed E-state index contributed by atoms with van der Waals surface area (Å²) >= 11 is 0. The van der Waals surface area contributed by atoms with E-state index in [0.29, 0.717) is 18.2 Å². The van der Waals surface area contributed by atoms with Crippen molar-refractivity contribution >= 4 is 5.69 Å². The molecular weight excluding hydrogens is 246 g/mol. The Morgan fingerprint density at radius 2 is 2.00 bits per heavy atom. The SMILES string of the molecule is CC(C)C1CNC(C)(C)CN1c1cccc(F)c1F. The number of nitrogens with zero attached hydrogens (tertiary/aromatic N) is 1. The number of halogens is 2. The Balaban J connectivity index is 2.39. The third-order valence-electron chi connectivity index (χ3n) is 3.77. The van der Waals surface area contributed by atoms with E-state index in [1.807, 2.05) is 4.90 Å². The Kier molecular flexibility index (Phi) is 3.81. The predicted molar refractivity (Wildman–Crippen MR) is 74.4 cm³/mol. The van der Waals surface area contributed by atoms with E-state index < -0.39 is 11.6 Å². The lowest BCUT2D eigenvalue weighted by molar-refractivity contribution is 0.275. The van der Waals surface area contributed by atoms with Crippen molar-refractivity contribution < 1.29 is 8.78 Å². The van der Waals surface area contributed by atoms with Crippen molar-refractivity contribution in [3.05, 3.63) is 29.8 Å². The van der Waals surface area contributed by atoms with Gasteiger partial charge in [0.2, 0.25) is 0 Å². The highest BCUT2D eigenvalue weighted by Crippen LogP contribution is 2.29. The molecule has 0 spiro atoms. The smallest absolute Gasteiger partial charge is 0.182 e. The van der Waals surface area contributed by atoms with Gasteiger partial charge >= 0.3 is 0 Å². The summed E-state index contributed by atoms with van der Waals surface area (Å²) in [4.78, 5) is 2.00. The molecule has 1 aliphatic rings. The molecule has 1 unspecified atom stereocenters. The van der Waals surface area contributed by atoms with Crippen LogP contribution in [0.2, 0.25) is 0 Å². The summed E-state index contributed by atoms with van der Waals surface area (Å²) < 4.78 is 27.5. The maximum atomic E-state index is 14.0. The number of hydrogen-bond donors (Lipinski definition) is 1. The zero-order valence-electron chi connectivity index (χ0n) is 12.0. The maximum absolute atomic E-state index is 14.0. The number of rotatable bonds is 2. The van der Waals surface area contributed by atoms with E-state index >= 15 is 0 Å². The van der Waals surface area contributed by atoms with E-state index in [0.717, 1.165) is 12.6 Å². The highest BCUT2D eigenvalue weighted by molar-refractivity contribution is 5.50. The van der Waals surface area contributed by atoms with Gasteiger partial charge in [0.05, 0.1) is 5.69 Å². The average Bonchev–Trinajstić information content (AvgIpc) is 2.31. The first kappa shape index (κ1) is 14.3. The molecule has 1 fully saturated rings. The molecule has 0 radical (unpaired) electrons. The van der Waals surface area contributed by atoms with Crippen LogP contribution in [0, 0.1) is 17.6 Å². The highest BCUT2D eigenvalue weighted by Gasteiger charge is 2.35. The number of hydrogen-bond acceptors (Lipinski definition) is 2. The summed E-state index contributed by atoms with van der Waals surface area (Å²) in [6.07, 6.45) is 0. The van der Waals surface area contributed by atoms with Gasteiger partial charge < -0.3 is 10.2 Å². The third-order valence-corrected chi connectivity index (χ3v) is 3.77. The van der Waals surface area contributed by atoms with Gasteiger partial charge in [0, 0.05) is 24.7 Å². The second kappa shape index (κ2) is 5.08. The van der Waals surface area contributed by atoms with E-state index in [-0.39, 0.29) is 11.6 Å². The van der Waals surface area contributed by atoms with Gasteiger partial charge in [-0.15, -0.1) is 0 Å². The first-order valence-electron chi connectivity index (χ1n) is 6.77. The molecule has 1 aliphatic heterocycles. The number of benzene rings is 1. The summed E-state index contributed by atoms with van der Waals surface area (Å²) in [5, 5.41) is 3.47. The van der Waals surface area contributed by atoms with Crippen molar-refractivity contribution in [1.82, 2.24) is 5.32 Å². The molecule has 1 atom stereocenters. The lowest BCUT2D eigenvalue weighted by Gasteiger charge is -2.47. The van der Waals surface area contributed by atoms with Crippen LogP contribution in [0.4, 0.5) is 14.5 Å². The molecule has 1 heterocycles. The Bertz CT molecular complexity index is 457. The molecule has 1 N–H and O–H groups in total. The zero-order valence-corrected chi connectivity index (χ0v) is 12.0. The fourth-order valence-electron chi connectivity index (χ4n) is 2.66. The lowest BCUT2D eigenvalue weighted by atomic mass is 9.92. The van der Waals surface area contributed by atoms with Crippen molar-refractivity contribution in [2.24, 2.45) is 5.92 Å². The average molecular weight is 268 g/mol. The van der Waals surface area contributed by atoms with Crippen LogP contribution in [0.25, 0.3) is 0 Å². The Morgan fingerprint density at radius 3 is 2.63 bits per heavy atom. The molecule has 1 aromatic carbocycles. The van der Waals surface area contributed by atoms with E-state index in [2.05, 4.69) is 33.0 Å². The fourth-order valence-corrected chi connectivity index (χ4v) is 2.66. The first-order valence-corrected chi connectivity index (χ1v) is 6.77. The zero-order chi connectivity index (χ0) is 14.2. The van der Waals surface area contributed by atoms with Gasteiger partial charge in [0.25, 0.3) is 0 Å². The van der Waals surface area contributed by atoms with Crippen molar-refractivity contribution in [2.45, 2.75) is 39.3 Å². The lowest BCUT2D eigenvalue weighted by Crippen LogP contribution is -2.63. The van der Waals surface area contributed by atoms with Gasteiger partial charge in [0.15, 0.2) is 11.6 Å². The van der Waals surface area contributed by atoms with Crippen LogP contribution in [0.1, 0.15) is 27.7 Å². The fraction of sp³-hybridized carbons (Fsp3) is 0.600. The minimum absolute atomic E-state index is 0.107. The monoisotopic (exact) mass is 268 g/mol. The molecular formula is C15H22F2N2. The van der Waals surface area contributed by atoms with Crippen molar-refractivity contribution in [3.63, 3.8) is 0 Å². The van der Waals surface area contributed by atoms with Crippen LogP contribution in [0.5, 0.6) is 0 Å². The number of anilines is 1. The van der Waals surface area contributed by atoms with Gasteiger partial charge in [0.1, 0.15) is 0 Å². The van der Waals surface area contributed by atoms with Crippen molar-refractivity contribution in [1.29, 1.82) is 0 Å². The molecule has 0 bridgehead atoms. The first-order chi connectivity index (χ1) is 8.82. The minimum Gasteiger partial charge on any atom is -0.363 e. The van der Waals surface area contributed by atoms with Crippen LogP contribution < -0.4 is 10.2 Å². The van der Waals surface area contributed by atoms with Gasteiger partial charge in [-0.2, -0.15) is 0 Å². The largest absolute Gasteiger partial charge is 0.363 e. The summed E-state index contributed by atoms with van der Waals surface area (Å²) in [6, 6.07) is 4.57. The molecule has 0 saturated carbocycles. The Labute approximate surface area is 113 Å². The van der Waals surface area contributed by atoms with Gasteiger partial charge in [-0.1, -0.05) is 19.9 Å². The van der Waals surface area contributed by atoms with Crippen LogP contribution in [-0.4, -0.2) is 24.7 Å². The third kappa shape index (κ3) is 2.89. The molecule has 1 saturated heterocycles. The maximum Gasteiger partial charge on any atom is 0.182 e. The van der Waals surface area contributed by atoms with E-state index in [1.165, 1.54) is 0 Å². The van der Waals surface area contributed by atoms with Crippen LogP contribution in [0.3, 0.4) is 0 Å². The molecule has 0 aromatic heterocycles. The molecule has 0 amide bonds. The number of piperazine rings is 1. The Morgan fingerprint density at radius 1 is 1.32 bits per heavy atom. The van der Waals surface area contributed by atoms with Crippen molar-refractivity contribution in [3.8, 4) is 0 Å². The van der Waals surface area contributed by atoms with Gasteiger partial charge in [-0.25, -0.2) is 8.78 Å². The van der Waals surface area contributed by atoms with E-state index in [4.69, 9.17) is 0 Å².